The largest absolute Gasteiger partial charge is 0.454 e. The van der Waals surface area contributed by atoms with Crippen LogP contribution in [-0.2, 0) is 0 Å². The summed E-state index contributed by atoms with van der Waals surface area (Å²) < 4.78 is 5.79. The van der Waals surface area contributed by atoms with Crippen molar-refractivity contribution in [1.82, 2.24) is 9.97 Å². The number of rotatable bonds is 1. The molecule has 6 heteroatoms. The molecule has 0 unspecified atom stereocenters. The molecule has 0 bridgehead atoms. The van der Waals surface area contributed by atoms with E-state index in [-0.39, 0.29) is 5.15 Å². The molecular formula is C16H7Cl3N2O. The zero-order valence-electron chi connectivity index (χ0n) is 11.0. The van der Waals surface area contributed by atoms with Gasteiger partial charge in [0.25, 0.3) is 0 Å². The third-order valence-corrected chi connectivity index (χ3v) is 4.31. The first-order valence-corrected chi connectivity index (χ1v) is 7.56. The van der Waals surface area contributed by atoms with Crippen LogP contribution in [-0.4, -0.2) is 9.97 Å². The molecule has 2 aromatic carbocycles. The number of hydrogen-bond acceptors (Lipinski definition) is 3. The molecule has 0 N–H and O–H groups in total. The van der Waals surface area contributed by atoms with Crippen molar-refractivity contribution in [2.75, 3.05) is 0 Å². The molecule has 4 aromatic rings. The molecule has 0 fully saturated rings. The summed E-state index contributed by atoms with van der Waals surface area (Å²) in [5, 5.41) is 2.06. The van der Waals surface area contributed by atoms with E-state index in [1.54, 1.807) is 12.1 Å². The van der Waals surface area contributed by atoms with Crippen molar-refractivity contribution in [1.29, 1.82) is 0 Å². The second-order valence-corrected chi connectivity index (χ2v) is 5.94. The molecule has 2 aromatic heterocycles. The molecule has 0 saturated carbocycles. The molecule has 0 amide bonds. The van der Waals surface area contributed by atoms with Crippen LogP contribution in [0, 0.1) is 0 Å². The quantitative estimate of drug-likeness (QED) is 0.423. The summed E-state index contributed by atoms with van der Waals surface area (Å²) in [4.78, 5) is 8.83. The van der Waals surface area contributed by atoms with Gasteiger partial charge in [0, 0.05) is 5.39 Å². The first kappa shape index (κ1) is 13.8. The van der Waals surface area contributed by atoms with Crippen molar-refractivity contribution in [2.45, 2.75) is 0 Å². The molecule has 0 spiro atoms. The van der Waals surface area contributed by atoms with Crippen LogP contribution in [0.15, 0.2) is 46.9 Å². The van der Waals surface area contributed by atoms with Crippen molar-refractivity contribution in [2.24, 2.45) is 0 Å². The number of nitrogens with zero attached hydrogens (tertiary/aromatic N) is 2. The average molecular weight is 350 g/mol. The van der Waals surface area contributed by atoms with Gasteiger partial charge in [-0.25, -0.2) is 9.97 Å². The predicted molar refractivity (Wildman–Crippen MR) is 89.8 cm³/mol. The normalized spacial score (nSPS) is 11.4. The lowest BCUT2D eigenvalue weighted by Crippen LogP contribution is -1.90. The molecule has 0 saturated heterocycles. The van der Waals surface area contributed by atoms with E-state index in [0.29, 0.717) is 32.5 Å². The van der Waals surface area contributed by atoms with Crippen LogP contribution in [0.5, 0.6) is 0 Å². The van der Waals surface area contributed by atoms with Crippen molar-refractivity contribution in [3.8, 4) is 11.5 Å². The van der Waals surface area contributed by atoms with Crippen LogP contribution in [0.3, 0.4) is 0 Å². The van der Waals surface area contributed by atoms with Crippen molar-refractivity contribution in [3.63, 3.8) is 0 Å². The highest BCUT2D eigenvalue weighted by Gasteiger charge is 2.15. The molecule has 22 heavy (non-hydrogen) atoms. The molecule has 2 heterocycles. The molecule has 4 rings (SSSR count). The van der Waals surface area contributed by atoms with E-state index in [4.69, 9.17) is 39.2 Å². The standard InChI is InChI=1S/C16H7Cl3N2O/c17-9-6-11-12(7-10(9)18)21-16(19)15(20-11)14-5-8-3-1-2-4-13(8)22-14/h1-7H. The van der Waals surface area contributed by atoms with Gasteiger partial charge in [-0.15, -0.1) is 0 Å². The highest BCUT2D eigenvalue weighted by Crippen LogP contribution is 2.33. The van der Waals surface area contributed by atoms with E-state index >= 15 is 0 Å². The summed E-state index contributed by atoms with van der Waals surface area (Å²) in [6.07, 6.45) is 0. The summed E-state index contributed by atoms with van der Waals surface area (Å²) in [5.74, 6) is 0.562. The second-order valence-electron chi connectivity index (χ2n) is 4.77. The molecule has 0 aliphatic carbocycles. The molecular weight excluding hydrogens is 343 g/mol. The smallest absolute Gasteiger partial charge is 0.159 e. The van der Waals surface area contributed by atoms with E-state index < -0.39 is 0 Å². The second kappa shape index (κ2) is 5.13. The van der Waals surface area contributed by atoms with Gasteiger partial charge in [-0.1, -0.05) is 53.0 Å². The van der Waals surface area contributed by atoms with Crippen LogP contribution in [0.4, 0.5) is 0 Å². The van der Waals surface area contributed by atoms with E-state index in [1.165, 1.54) is 0 Å². The number of halogens is 3. The Morgan fingerprint density at radius 3 is 2.23 bits per heavy atom. The topological polar surface area (TPSA) is 38.9 Å². The Labute approximate surface area is 140 Å². The van der Waals surface area contributed by atoms with Crippen LogP contribution in [0.1, 0.15) is 0 Å². The predicted octanol–water partition coefficient (Wildman–Crippen LogP) is 6.00. The molecule has 3 nitrogen and oxygen atoms in total. The van der Waals surface area contributed by atoms with Gasteiger partial charge in [0.05, 0.1) is 21.1 Å². The van der Waals surface area contributed by atoms with Gasteiger partial charge in [0.2, 0.25) is 0 Å². The van der Waals surface area contributed by atoms with Crippen LogP contribution in [0.2, 0.25) is 15.2 Å². The first-order valence-electron chi connectivity index (χ1n) is 6.43. The lowest BCUT2D eigenvalue weighted by molar-refractivity contribution is 0.629. The van der Waals surface area contributed by atoms with Gasteiger partial charge in [-0.05, 0) is 24.3 Å². The van der Waals surface area contributed by atoms with Crippen LogP contribution >= 0.6 is 34.8 Å². The summed E-state index contributed by atoms with van der Waals surface area (Å²) in [6, 6.07) is 12.9. The summed E-state index contributed by atoms with van der Waals surface area (Å²) in [5.41, 5.74) is 2.43. The number of aromatic nitrogens is 2. The lowest BCUT2D eigenvalue weighted by Gasteiger charge is -2.04. The Kier molecular flexibility index (Phi) is 3.22. The Bertz CT molecular complexity index is 994. The van der Waals surface area contributed by atoms with Crippen LogP contribution < -0.4 is 0 Å². The zero-order valence-corrected chi connectivity index (χ0v) is 13.2. The van der Waals surface area contributed by atoms with Gasteiger partial charge >= 0.3 is 0 Å². The molecule has 0 aliphatic rings. The SMILES string of the molecule is Clc1cc2nc(Cl)c(-c3cc4ccccc4o3)nc2cc1Cl. The van der Waals surface area contributed by atoms with Crippen molar-refractivity contribution in [3.05, 3.63) is 57.7 Å². The maximum absolute atomic E-state index is 6.25. The molecule has 0 atom stereocenters. The van der Waals surface area contributed by atoms with E-state index in [9.17, 15) is 0 Å². The van der Waals surface area contributed by atoms with Gasteiger partial charge in [0.15, 0.2) is 10.9 Å². The van der Waals surface area contributed by atoms with Gasteiger partial charge in [-0.3, -0.25) is 0 Å². The average Bonchev–Trinajstić information content (AvgIpc) is 2.92. The van der Waals surface area contributed by atoms with E-state index in [2.05, 4.69) is 9.97 Å². The molecule has 0 aliphatic heterocycles. The zero-order chi connectivity index (χ0) is 15.3. The maximum atomic E-state index is 6.25. The number of hydrogen-bond donors (Lipinski definition) is 0. The number of fused-ring (bicyclic) bond motifs is 2. The summed E-state index contributed by atoms with van der Waals surface area (Å²) >= 11 is 18.3. The summed E-state index contributed by atoms with van der Waals surface area (Å²) in [7, 11) is 0. The van der Waals surface area contributed by atoms with Gasteiger partial charge < -0.3 is 4.42 Å². The van der Waals surface area contributed by atoms with Gasteiger partial charge in [-0.2, -0.15) is 0 Å². The lowest BCUT2D eigenvalue weighted by atomic mass is 10.2. The minimum atomic E-state index is 0.255. The monoisotopic (exact) mass is 348 g/mol. The fourth-order valence-electron chi connectivity index (χ4n) is 2.29. The Balaban J connectivity index is 1.97. The number of furan rings is 1. The highest BCUT2D eigenvalue weighted by atomic mass is 35.5. The van der Waals surface area contributed by atoms with Crippen molar-refractivity contribution >= 4 is 56.8 Å². The third-order valence-electron chi connectivity index (χ3n) is 3.32. The Hall–Kier alpha value is -1.81. The maximum Gasteiger partial charge on any atom is 0.159 e. The highest BCUT2D eigenvalue weighted by molar-refractivity contribution is 6.42. The van der Waals surface area contributed by atoms with E-state index in [0.717, 1.165) is 11.0 Å². The fourth-order valence-corrected chi connectivity index (χ4v) is 2.83. The first-order chi connectivity index (χ1) is 10.6. The number of benzene rings is 2. The minimum absolute atomic E-state index is 0.255. The Morgan fingerprint density at radius 1 is 0.818 bits per heavy atom. The third kappa shape index (κ3) is 2.22. The Morgan fingerprint density at radius 2 is 1.50 bits per heavy atom. The molecule has 108 valence electrons. The summed E-state index contributed by atoms with van der Waals surface area (Å²) in [6.45, 7) is 0. The fraction of sp³-hybridized carbons (Fsp3) is 0. The van der Waals surface area contributed by atoms with Crippen molar-refractivity contribution < 1.29 is 4.42 Å². The number of para-hydroxylation sites is 1. The van der Waals surface area contributed by atoms with Gasteiger partial charge in [0.1, 0.15) is 11.3 Å². The minimum Gasteiger partial charge on any atom is -0.454 e. The van der Waals surface area contributed by atoms with Crippen LogP contribution in [0.25, 0.3) is 33.5 Å². The molecule has 0 radical (unpaired) electrons. The van der Waals surface area contributed by atoms with E-state index in [1.807, 2.05) is 30.3 Å².